The van der Waals surface area contributed by atoms with Gasteiger partial charge in [0.25, 0.3) is 0 Å². The summed E-state index contributed by atoms with van der Waals surface area (Å²) in [4.78, 5) is 6.27. The Hall–Kier alpha value is -1.19. The highest BCUT2D eigenvalue weighted by atomic mass is 32.1. The lowest BCUT2D eigenvalue weighted by Crippen LogP contribution is -2.15. The molecule has 0 saturated heterocycles. The molecule has 0 saturated carbocycles. The quantitative estimate of drug-likeness (QED) is 0.860. The van der Waals surface area contributed by atoms with Gasteiger partial charge in [0, 0.05) is 16.8 Å². The molecular weight excluding hydrogens is 252 g/mol. The zero-order valence-corrected chi connectivity index (χ0v) is 11.7. The van der Waals surface area contributed by atoms with Crippen LogP contribution < -0.4 is 5.73 Å². The molecule has 2 aliphatic carbocycles. The molecule has 0 aliphatic heterocycles. The van der Waals surface area contributed by atoms with Gasteiger partial charge in [-0.05, 0) is 43.2 Å². The Bertz CT molecular complexity index is 617. The molecule has 2 atom stereocenters. The van der Waals surface area contributed by atoms with E-state index >= 15 is 0 Å². The van der Waals surface area contributed by atoms with E-state index in [1.165, 1.54) is 46.0 Å². The average Bonchev–Trinajstić information content (AvgIpc) is 3.02. The molecular formula is C16H18N2S. The maximum absolute atomic E-state index is 6.22. The lowest BCUT2D eigenvalue weighted by atomic mass is 9.98. The summed E-state index contributed by atoms with van der Waals surface area (Å²) in [6.07, 6.45) is 5.83. The van der Waals surface area contributed by atoms with Crippen molar-refractivity contribution in [3.8, 4) is 0 Å². The molecule has 2 aliphatic rings. The van der Waals surface area contributed by atoms with Crippen LogP contribution in [0.5, 0.6) is 0 Å². The highest BCUT2D eigenvalue weighted by Crippen LogP contribution is 2.42. The molecule has 2 unspecified atom stereocenters. The second kappa shape index (κ2) is 4.43. The van der Waals surface area contributed by atoms with E-state index < -0.39 is 0 Å². The number of rotatable bonds is 1. The van der Waals surface area contributed by atoms with Crippen molar-refractivity contribution in [3.05, 3.63) is 51.0 Å². The minimum atomic E-state index is 0.228. The van der Waals surface area contributed by atoms with E-state index in [4.69, 9.17) is 10.7 Å². The Kier molecular flexibility index (Phi) is 2.71. The SMILES string of the molecule is NC1CCCc2nc(C3CCc4ccccc43)sc21. The number of thiazole rings is 1. The van der Waals surface area contributed by atoms with Crippen molar-refractivity contribution in [2.24, 2.45) is 5.73 Å². The van der Waals surface area contributed by atoms with Crippen LogP contribution >= 0.6 is 11.3 Å². The number of aryl methyl sites for hydroxylation is 2. The molecule has 0 bridgehead atoms. The second-order valence-electron chi connectivity index (χ2n) is 5.65. The standard InChI is InChI=1S/C16H18N2S/c17-13-6-3-7-14-15(13)19-16(18-14)12-9-8-10-4-1-2-5-11(10)12/h1-2,4-5,12-13H,3,6-9,17H2. The molecule has 2 nitrogen and oxygen atoms in total. The molecule has 98 valence electrons. The predicted molar refractivity (Wildman–Crippen MR) is 78.6 cm³/mol. The summed E-state index contributed by atoms with van der Waals surface area (Å²) in [5.74, 6) is 0.513. The Morgan fingerprint density at radius 1 is 1.16 bits per heavy atom. The molecule has 19 heavy (non-hydrogen) atoms. The van der Waals surface area contributed by atoms with Crippen molar-refractivity contribution in [2.75, 3.05) is 0 Å². The summed E-state index contributed by atoms with van der Waals surface area (Å²) in [5.41, 5.74) is 10.5. The van der Waals surface area contributed by atoms with E-state index in [0.717, 1.165) is 12.8 Å². The first kappa shape index (κ1) is 11.6. The van der Waals surface area contributed by atoms with Gasteiger partial charge in [-0.3, -0.25) is 0 Å². The highest BCUT2D eigenvalue weighted by molar-refractivity contribution is 7.12. The minimum Gasteiger partial charge on any atom is -0.323 e. The number of nitrogens with zero attached hydrogens (tertiary/aromatic N) is 1. The van der Waals surface area contributed by atoms with Crippen LogP contribution in [0.3, 0.4) is 0 Å². The molecule has 2 N–H and O–H groups in total. The van der Waals surface area contributed by atoms with Crippen LogP contribution in [0.4, 0.5) is 0 Å². The number of fused-ring (bicyclic) bond motifs is 2. The van der Waals surface area contributed by atoms with Gasteiger partial charge in [0.05, 0.1) is 5.69 Å². The zero-order chi connectivity index (χ0) is 12.8. The van der Waals surface area contributed by atoms with Crippen LogP contribution in [0.25, 0.3) is 0 Å². The zero-order valence-electron chi connectivity index (χ0n) is 10.9. The van der Waals surface area contributed by atoms with Crippen molar-refractivity contribution >= 4 is 11.3 Å². The number of benzene rings is 1. The molecule has 1 aromatic carbocycles. The van der Waals surface area contributed by atoms with Crippen molar-refractivity contribution < 1.29 is 0 Å². The van der Waals surface area contributed by atoms with Gasteiger partial charge in [0.1, 0.15) is 5.01 Å². The summed E-state index contributed by atoms with van der Waals surface area (Å²) >= 11 is 1.87. The highest BCUT2D eigenvalue weighted by Gasteiger charge is 2.29. The topological polar surface area (TPSA) is 38.9 Å². The first-order valence-corrected chi connectivity index (χ1v) is 7.97. The van der Waals surface area contributed by atoms with Gasteiger partial charge in [-0.2, -0.15) is 0 Å². The number of aromatic nitrogens is 1. The molecule has 0 radical (unpaired) electrons. The largest absolute Gasteiger partial charge is 0.323 e. The summed E-state index contributed by atoms with van der Waals surface area (Å²) in [7, 11) is 0. The Morgan fingerprint density at radius 3 is 2.95 bits per heavy atom. The normalized spacial score (nSPS) is 25.1. The van der Waals surface area contributed by atoms with Crippen molar-refractivity contribution in [2.45, 2.75) is 44.1 Å². The number of nitrogens with two attached hydrogens (primary N) is 1. The maximum atomic E-state index is 6.22. The van der Waals surface area contributed by atoms with Gasteiger partial charge < -0.3 is 5.73 Å². The van der Waals surface area contributed by atoms with E-state index in [1.807, 2.05) is 11.3 Å². The third-order valence-electron chi connectivity index (χ3n) is 4.44. The Labute approximate surface area is 117 Å². The second-order valence-corrected chi connectivity index (χ2v) is 6.71. The fraction of sp³-hybridized carbons (Fsp3) is 0.438. The van der Waals surface area contributed by atoms with Crippen LogP contribution in [0.2, 0.25) is 0 Å². The monoisotopic (exact) mass is 270 g/mol. The fourth-order valence-electron chi connectivity index (χ4n) is 3.43. The van der Waals surface area contributed by atoms with Crippen LogP contribution in [-0.2, 0) is 12.8 Å². The van der Waals surface area contributed by atoms with Gasteiger partial charge in [0.2, 0.25) is 0 Å². The van der Waals surface area contributed by atoms with Crippen molar-refractivity contribution in [1.29, 1.82) is 0 Å². The van der Waals surface area contributed by atoms with Crippen LogP contribution in [-0.4, -0.2) is 4.98 Å². The van der Waals surface area contributed by atoms with Crippen LogP contribution in [0.15, 0.2) is 24.3 Å². The molecule has 2 aromatic rings. The third-order valence-corrected chi connectivity index (χ3v) is 5.78. The molecule has 0 fully saturated rings. The van der Waals surface area contributed by atoms with E-state index in [0.29, 0.717) is 5.92 Å². The molecule has 0 spiro atoms. The van der Waals surface area contributed by atoms with Gasteiger partial charge in [0.15, 0.2) is 0 Å². The van der Waals surface area contributed by atoms with Crippen molar-refractivity contribution in [3.63, 3.8) is 0 Å². The maximum Gasteiger partial charge on any atom is 0.101 e. The third kappa shape index (κ3) is 1.84. The minimum absolute atomic E-state index is 0.228. The van der Waals surface area contributed by atoms with Gasteiger partial charge in [-0.1, -0.05) is 24.3 Å². The lowest BCUT2D eigenvalue weighted by molar-refractivity contribution is 0.572. The Balaban J connectivity index is 1.75. The Morgan fingerprint density at radius 2 is 2.05 bits per heavy atom. The fourth-order valence-corrected chi connectivity index (χ4v) is 4.74. The van der Waals surface area contributed by atoms with E-state index in [1.54, 1.807) is 0 Å². The van der Waals surface area contributed by atoms with Gasteiger partial charge in [-0.25, -0.2) is 4.98 Å². The molecule has 4 rings (SSSR count). The van der Waals surface area contributed by atoms with E-state index in [9.17, 15) is 0 Å². The summed E-state index contributed by atoms with van der Waals surface area (Å²) < 4.78 is 0. The van der Waals surface area contributed by atoms with E-state index in [-0.39, 0.29) is 6.04 Å². The lowest BCUT2D eigenvalue weighted by Gasteiger charge is -2.15. The number of hydrogen-bond donors (Lipinski definition) is 1. The average molecular weight is 270 g/mol. The molecule has 0 amide bonds. The first-order valence-electron chi connectivity index (χ1n) is 7.16. The summed E-state index contributed by atoms with van der Waals surface area (Å²) in [6.45, 7) is 0. The predicted octanol–water partition coefficient (Wildman–Crippen LogP) is 3.56. The van der Waals surface area contributed by atoms with Crippen molar-refractivity contribution in [1.82, 2.24) is 4.98 Å². The molecule has 1 heterocycles. The first-order chi connectivity index (χ1) is 9.33. The van der Waals surface area contributed by atoms with Crippen LogP contribution in [0, 0.1) is 0 Å². The van der Waals surface area contributed by atoms with Crippen LogP contribution in [0.1, 0.15) is 57.9 Å². The number of hydrogen-bond acceptors (Lipinski definition) is 3. The summed E-state index contributed by atoms with van der Waals surface area (Å²) in [6, 6.07) is 9.05. The van der Waals surface area contributed by atoms with Gasteiger partial charge >= 0.3 is 0 Å². The summed E-state index contributed by atoms with van der Waals surface area (Å²) in [5, 5.41) is 1.30. The van der Waals surface area contributed by atoms with Gasteiger partial charge in [-0.15, -0.1) is 11.3 Å². The molecule has 1 aromatic heterocycles. The van der Waals surface area contributed by atoms with E-state index in [2.05, 4.69) is 24.3 Å². The smallest absolute Gasteiger partial charge is 0.101 e. The molecule has 3 heteroatoms.